The van der Waals surface area contributed by atoms with Crippen molar-refractivity contribution >= 4 is 16.8 Å². The SMILES string of the molecule is Cc1cc(C(=O)NC(CO)c2ccccc2)nc2c(C(F)(F)F)cc(-c3ccccc3)cc12. The van der Waals surface area contributed by atoms with Crippen LogP contribution in [-0.2, 0) is 6.18 Å². The highest BCUT2D eigenvalue weighted by atomic mass is 19.4. The van der Waals surface area contributed by atoms with Crippen molar-refractivity contribution in [3.8, 4) is 11.1 Å². The molecule has 33 heavy (non-hydrogen) atoms. The van der Waals surface area contributed by atoms with Gasteiger partial charge in [-0.15, -0.1) is 0 Å². The third-order valence-corrected chi connectivity index (χ3v) is 5.46. The monoisotopic (exact) mass is 450 g/mol. The molecule has 0 bridgehead atoms. The first kappa shape index (κ1) is 22.5. The summed E-state index contributed by atoms with van der Waals surface area (Å²) in [5, 5.41) is 12.7. The number of aromatic nitrogens is 1. The average molecular weight is 450 g/mol. The number of carbonyl (C=O) groups is 1. The summed E-state index contributed by atoms with van der Waals surface area (Å²) in [6.45, 7) is 1.28. The number of rotatable bonds is 5. The lowest BCUT2D eigenvalue weighted by molar-refractivity contribution is -0.136. The minimum Gasteiger partial charge on any atom is -0.394 e. The van der Waals surface area contributed by atoms with Gasteiger partial charge in [0.15, 0.2) is 0 Å². The number of benzene rings is 3. The zero-order valence-electron chi connectivity index (χ0n) is 17.7. The van der Waals surface area contributed by atoms with E-state index in [1.165, 1.54) is 6.07 Å². The number of hydrogen-bond donors (Lipinski definition) is 2. The topological polar surface area (TPSA) is 62.2 Å². The molecule has 0 saturated carbocycles. The van der Waals surface area contributed by atoms with Crippen LogP contribution in [0.3, 0.4) is 0 Å². The maximum atomic E-state index is 14.0. The summed E-state index contributed by atoms with van der Waals surface area (Å²) in [4.78, 5) is 17.0. The Morgan fingerprint density at radius 2 is 1.61 bits per heavy atom. The van der Waals surface area contributed by atoms with Gasteiger partial charge in [0.05, 0.1) is 23.7 Å². The molecule has 0 aliphatic rings. The number of amides is 1. The van der Waals surface area contributed by atoms with Gasteiger partial charge in [0.2, 0.25) is 0 Å². The van der Waals surface area contributed by atoms with Gasteiger partial charge in [-0.1, -0.05) is 60.7 Å². The number of hydrogen-bond acceptors (Lipinski definition) is 3. The van der Waals surface area contributed by atoms with Crippen LogP contribution >= 0.6 is 0 Å². The van der Waals surface area contributed by atoms with Crippen LogP contribution in [0.1, 0.15) is 33.2 Å². The van der Waals surface area contributed by atoms with Crippen LogP contribution in [0.4, 0.5) is 13.2 Å². The molecule has 0 fully saturated rings. The highest BCUT2D eigenvalue weighted by molar-refractivity contribution is 5.98. The molecule has 1 unspecified atom stereocenters. The molecule has 1 atom stereocenters. The quantitative estimate of drug-likeness (QED) is 0.411. The minimum absolute atomic E-state index is 0.146. The number of aliphatic hydroxyl groups excluding tert-OH is 1. The lowest BCUT2D eigenvalue weighted by atomic mass is 9.96. The van der Waals surface area contributed by atoms with Crippen molar-refractivity contribution in [3.63, 3.8) is 0 Å². The van der Waals surface area contributed by atoms with E-state index in [1.807, 2.05) is 0 Å². The van der Waals surface area contributed by atoms with Crippen LogP contribution in [0.25, 0.3) is 22.0 Å². The first-order chi connectivity index (χ1) is 15.8. The number of alkyl halides is 3. The van der Waals surface area contributed by atoms with Gasteiger partial charge in [-0.2, -0.15) is 13.2 Å². The molecule has 4 rings (SSSR count). The Hall–Kier alpha value is -3.71. The van der Waals surface area contributed by atoms with E-state index in [1.54, 1.807) is 73.7 Å². The molecular weight excluding hydrogens is 429 g/mol. The highest BCUT2D eigenvalue weighted by Gasteiger charge is 2.34. The maximum Gasteiger partial charge on any atom is 0.418 e. The Morgan fingerprint density at radius 1 is 0.970 bits per heavy atom. The fourth-order valence-corrected chi connectivity index (χ4v) is 3.77. The molecule has 1 aromatic heterocycles. The number of nitrogens with zero attached hydrogens (tertiary/aromatic N) is 1. The summed E-state index contributed by atoms with van der Waals surface area (Å²) in [5.41, 5.74) is 0.906. The number of nitrogens with one attached hydrogen (secondary N) is 1. The van der Waals surface area contributed by atoms with E-state index in [0.717, 1.165) is 6.07 Å². The van der Waals surface area contributed by atoms with Gasteiger partial charge in [0.1, 0.15) is 5.69 Å². The van der Waals surface area contributed by atoms with Crippen LogP contribution in [0.5, 0.6) is 0 Å². The van der Waals surface area contributed by atoms with Gasteiger partial charge in [0.25, 0.3) is 5.91 Å². The summed E-state index contributed by atoms with van der Waals surface area (Å²) in [5.74, 6) is -0.664. The number of halogens is 3. The number of pyridine rings is 1. The van der Waals surface area contributed by atoms with Crippen molar-refractivity contribution in [2.24, 2.45) is 0 Å². The summed E-state index contributed by atoms with van der Waals surface area (Å²) >= 11 is 0. The van der Waals surface area contributed by atoms with Crippen LogP contribution in [0.15, 0.2) is 78.9 Å². The van der Waals surface area contributed by atoms with Crippen LogP contribution in [0.2, 0.25) is 0 Å². The minimum atomic E-state index is -4.66. The zero-order valence-corrected chi connectivity index (χ0v) is 17.7. The number of carbonyl (C=O) groups excluding carboxylic acids is 1. The Bertz CT molecular complexity index is 1290. The average Bonchev–Trinajstić information content (AvgIpc) is 2.82. The normalized spacial score (nSPS) is 12.5. The van der Waals surface area contributed by atoms with Crippen molar-refractivity contribution < 1.29 is 23.1 Å². The van der Waals surface area contributed by atoms with Crippen LogP contribution in [-0.4, -0.2) is 22.6 Å². The predicted octanol–water partition coefficient (Wildman–Crippen LogP) is 5.69. The Balaban J connectivity index is 1.79. The van der Waals surface area contributed by atoms with Crippen molar-refractivity contribution in [1.29, 1.82) is 0 Å². The predicted molar refractivity (Wildman–Crippen MR) is 121 cm³/mol. The second-order valence-electron chi connectivity index (χ2n) is 7.73. The van der Waals surface area contributed by atoms with Crippen molar-refractivity contribution in [2.45, 2.75) is 19.1 Å². The fourth-order valence-electron chi connectivity index (χ4n) is 3.77. The molecule has 4 nitrogen and oxygen atoms in total. The molecule has 3 aromatic carbocycles. The zero-order chi connectivity index (χ0) is 23.6. The molecule has 1 amide bonds. The number of fused-ring (bicyclic) bond motifs is 1. The highest BCUT2D eigenvalue weighted by Crippen LogP contribution is 2.38. The van der Waals surface area contributed by atoms with Gasteiger partial charge >= 0.3 is 6.18 Å². The first-order valence-electron chi connectivity index (χ1n) is 10.3. The van der Waals surface area contributed by atoms with Gasteiger partial charge in [0, 0.05) is 5.39 Å². The molecule has 4 aromatic rings. The molecule has 7 heteroatoms. The molecular formula is C26H21F3N2O2. The Kier molecular flexibility index (Phi) is 6.16. The standard InChI is InChI=1S/C26H21F3N2O2/c1-16-12-22(25(33)31-23(15-32)18-10-6-3-7-11-18)30-24-20(16)13-19(14-21(24)26(27,28)29)17-8-4-2-5-9-17/h2-14,23,32H,15H2,1H3,(H,31,33). The van der Waals surface area contributed by atoms with E-state index in [9.17, 15) is 23.1 Å². The maximum absolute atomic E-state index is 14.0. The molecule has 0 saturated heterocycles. The Labute approximate surface area is 188 Å². The van der Waals surface area contributed by atoms with E-state index < -0.39 is 23.7 Å². The summed E-state index contributed by atoms with van der Waals surface area (Å²) in [7, 11) is 0. The van der Waals surface area contributed by atoms with Crippen LogP contribution < -0.4 is 5.32 Å². The van der Waals surface area contributed by atoms with Gasteiger partial charge < -0.3 is 10.4 Å². The summed E-state index contributed by atoms with van der Waals surface area (Å²) in [6.07, 6.45) is -4.66. The lowest BCUT2D eigenvalue weighted by Gasteiger charge is -2.18. The van der Waals surface area contributed by atoms with E-state index in [-0.39, 0.29) is 17.8 Å². The summed E-state index contributed by atoms with van der Waals surface area (Å²) < 4.78 is 42.0. The van der Waals surface area contributed by atoms with E-state index in [0.29, 0.717) is 27.6 Å². The van der Waals surface area contributed by atoms with E-state index in [2.05, 4.69) is 10.3 Å². The first-order valence-corrected chi connectivity index (χ1v) is 10.3. The number of aryl methyl sites for hydroxylation is 1. The molecule has 0 radical (unpaired) electrons. The van der Waals surface area contributed by atoms with Crippen molar-refractivity contribution in [1.82, 2.24) is 10.3 Å². The van der Waals surface area contributed by atoms with Gasteiger partial charge in [-0.05, 0) is 47.4 Å². The largest absolute Gasteiger partial charge is 0.418 e. The molecule has 1 heterocycles. The second kappa shape index (κ2) is 9.03. The van der Waals surface area contributed by atoms with Crippen LogP contribution in [0, 0.1) is 6.92 Å². The lowest BCUT2D eigenvalue weighted by Crippen LogP contribution is -2.31. The van der Waals surface area contributed by atoms with Crippen molar-refractivity contribution in [3.05, 3.63) is 101 Å². The summed E-state index contributed by atoms with van der Waals surface area (Å²) in [6, 6.07) is 21.1. The number of aliphatic hydroxyl groups is 1. The van der Waals surface area contributed by atoms with E-state index in [4.69, 9.17) is 0 Å². The fraction of sp³-hybridized carbons (Fsp3) is 0.154. The van der Waals surface area contributed by atoms with Gasteiger partial charge in [-0.3, -0.25) is 4.79 Å². The molecule has 2 N–H and O–H groups in total. The third kappa shape index (κ3) is 4.73. The van der Waals surface area contributed by atoms with Crippen molar-refractivity contribution in [2.75, 3.05) is 6.61 Å². The van der Waals surface area contributed by atoms with Gasteiger partial charge in [-0.25, -0.2) is 4.98 Å². The molecule has 0 aliphatic heterocycles. The third-order valence-electron chi connectivity index (χ3n) is 5.46. The molecule has 0 aliphatic carbocycles. The Morgan fingerprint density at radius 3 is 2.21 bits per heavy atom. The smallest absolute Gasteiger partial charge is 0.394 e. The van der Waals surface area contributed by atoms with E-state index >= 15 is 0 Å². The second-order valence-corrected chi connectivity index (χ2v) is 7.73. The molecule has 0 spiro atoms. The molecule has 168 valence electrons.